The van der Waals surface area contributed by atoms with Gasteiger partial charge in [0.05, 0.1) is 0 Å². The van der Waals surface area contributed by atoms with Crippen LogP contribution in [-0.2, 0) is 8.85 Å². The van der Waals surface area contributed by atoms with E-state index in [1.54, 1.807) is 0 Å². The summed E-state index contributed by atoms with van der Waals surface area (Å²) >= 11 is 0. The summed E-state index contributed by atoms with van der Waals surface area (Å²) in [5.74, 6) is 1.28. The zero-order valence-corrected chi connectivity index (χ0v) is 17.3. The van der Waals surface area contributed by atoms with Crippen molar-refractivity contribution < 1.29 is 8.85 Å². The fraction of sp³-hybridized carbons (Fsp3) is 1.00. The van der Waals surface area contributed by atoms with Crippen LogP contribution < -0.4 is 0 Å². The van der Waals surface area contributed by atoms with Crippen molar-refractivity contribution in [2.75, 3.05) is 14.2 Å². The average molecular weight is 317 g/mol. The molecule has 0 aromatic rings. The summed E-state index contributed by atoms with van der Waals surface area (Å²) in [7, 11) is 1.65. The third-order valence-electron chi connectivity index (χ3n) is 4.03. The molecule has 3 heteroatoms. The van der Waals surface area contributed by atoms with Gasteiger partial charge in [-0.1, -0.05) is 55.4 Å². The van der Waals surface area contributed by atoms with E-state index in [0.29, 0.717) is 22.7 Å². The lowest BCUT2D eigenvalue weighted by Gasteiger charge is -2.37. The lowest BCUT2D eigenvalue weighted by molar-refractivity contribution is 0.170. The molecule has 0 spiro atoms. The molecule has 0 aliphatic rings. The number of hydrogen-bond donors (Lipinski definition) is 0. The van der Waals surface area contributed by atoms with Gasteiger partial charge in [-0.15, -0.1) is 0 Å². The largest absolute Gasteiger partial charge is 0.398 e. The summed E-state index contributed by atoms with van der Waals surface area (Å²) in [6.45, 7) is 18.7. The number of hydrogen-bond acceptors (Lipinski definition) is 2. The second-order valence-electron chi connectivity index (χ2n) is 9.33. The van der Waals surface area contributed by atoms with E-state index in [0.717, 1.165) is 12.1 Å². The van der Waals surface area contributed by atoms with Crippen molar-refractivity contribution in [2.45, 2.75) is 80.3 Å². The molecule has 0 saturated heterocycles. The SMILES string of the molecule is CO[Si](CC(C)C)(CC(C)CC(C)(C)CC(C)(C)C)OC. The highest BCUT2D eigenvalue weighted by molar-refractivity contribution is 6.67. The van der Waals surface area contributed by atoms with Gasteiger partial charge in [-0.3, -0.25) is 0 Å². The molecule has 0 radical (unpaired) electrons. The van der Waals surface area contributed by atoms with Gasteiger partial charge in [-0.05, 0) is 47.6 Å². The van der Waals surface area contributed by atoms with Gasteiger partial charge in [0.25, 0.3) is 0 Å². The summed E-state index contributed by atoms with van der Waals surface area (Å²) in [6, 6.07) is 2.19. The maximum absolute atomic E-state index is 5.90. The Morgan fingerprint density at radius 3 is 1.67 bits per heavy atom. The summed E-state index contributed by atoms with van der Waals surface area (Å²) in [5.41, 5.74) is 0.759. The van der Waals surface area contributed by atoms with Gasteiger partial charge >= 0.3 is 8.56 Å². The highest BCUT2D eigenvalue weighted by atomic mass is 28.4. The van der Waals surface area contributed by atoms with Crippen LogP contribution in [0.1, 0.15) is 68.2 Å². The molecule has 0 fully saturated rings. The van der Waals surface area contributed by atoms with Crippen LogP contribution in [0, 0.1) is 22.7 Å². The van der Waals surface area contributed by atoms with E-state index in [1.165, 1.54) is 12.8 Å². The Balaban J connectivity index is 4.74. The molecule has 0 amide bonds. The summed E-state index contributed by atoms with van der Waals surface area (Å²) in [5, 5.41) is 0. The van der Waals surface area contributed by atoms with Crippen LogP contribution in [-0.4, -0.2) is 22.8 Å². The van der Waals surface area contributed by atoms with Crippen molar-refractivity contribution in [3.8, 4) is 0 Å². The van der Waals surface area contributed by atoms with E-state index in [-0.39, 0.29) is 0 Å². The molecule has 0 rings (SSSR count). The molecular formula is C18H40O2Si. The van der Waals surface area contributed by atoms with Crippen LogP contribution in [0.15, 0.2) is 0 Å². The van der Waals surface area contributed by atoms with E-state index in [4.69, 9.17) is 8.85 Å². The standard InChI is InChI=1S/C18H40O2Si/c1-15(2)12-21(19-9,20-10)13-16(3)11-18(7,8)14-17(4,5)6/h15-16H,11-14H2,1-10H3. The molecule has 0 saturated carbocycles. The molecule has 2 nitrogen and oxygen atoms in total. The van der Waals surface area contributed by atoms with E-state index in [1.807, 2.05) is 14.2 Å². The van der Waals surface area contributed by atoms with E-state index >= 15 is 0 Å². The Morgan fingerprint density at radius 2 is 1.33 bits per heavy atom. The molecule has 0 N–H and O–H groups in total. The van der Waals surface area contributed by atoms with Crippen molar-refractivity contribution in [1.82, 2.24) is 0 Å². The first-order valence-electron chi connectivity index (χ1n) is 8.45. The summed E-state index contributed by atoms with van der Waals surface area (Å²) in [4.78, 5) is 0. The first-order valence-corrected chi connectivity index (χ1v) is 10.7. The van der Waals surface area contributed by atoms with Gasteiger partial charge in [-0.25, -0.2) is 0 Å². The van der Waals surface area contributed by atoms with E-state index < -0.39 is 8.56 Å². The summed E-state index contributed by atoms with van der Waals surface area (Å²) < 4.78 is 11.8. The first kappa shape index (κ1) is 21.1. The highest BCUT2D eigenvalue weighted by Crippen LogP contribution is 2.40. The Hall–Kier alpha value is 0.137. The summed E-state index contributed by atoms with van der Waals surface area (Å²) in [6.07, 6.45) is 2.49. The van der Waals surface area contributed by atoms with Crippen LogP contribution in [0.2, 0.25) is 12.1 Å². The maximum atomic E-state index is 5.90. The Morgan fingerprint density at radius 1 is 0.857 bits per heavy atom. The van der Waals surface area contributed by atoms with Crippen molar-refractivity contribution in [2.24, 2.45) is 22.7 Å². The van der Waals surface area contributed by atoms with Crippen molar-refractivity contribution >= 4 is 8.56 Å². The Kier molecular flexibility index (Phi) is 8.17. The molecule has 0 aromatic heterocycles. The lowest BCUT2D eigenvalue weighted by atomic mass is 9.72. The fourth-order valence-electron chi connectivity index (χ4n) is 4.18. The van der Waals surface area contributed by atoms with Crippen molar-refractivity contribution in [1.29, 1.82) is 0 Å². The van der Waals surface area contributed by atoms with Crippen LogP contribution >= 0.6 is 0 Å². The van der Waals surface area contributed by atoms with Gasteiger partial charge < -0.3 is 8.85 Å². The van der Waals surface area contributed by atoms with Gasteiger partial charge in [0.1, 0.15) is 0 Å². The third kappa shape index (κ3) is 8.99. The molecule has 0 aromatic carbocycles. The minimum atomic E-state index is -2.03. The quantitative estimate of drug-likeness (QED) is 0.495. The third-order valence-corrected chi connectivity index (χ3v) is 8.28. The topological polar surface area (TPSA) is 18.5 Å². The monoisotopic (exact) mass is 316 g/mol. The van der Waals surface area contributed by atoms with Crippen molar-refractivity contribution in [3.63, 3.8) is 0 Å². The molecule has 21 heavy (non-hydrogen) atoms. The molecule has 0 aliphatic carbocycles. The molecule has 0 aliphatic heterocycles. The smallest absolute Gasteiger partial charge is 0.338 e. The van der Waals surface area contributed by atoms with Crippen LogP contribution in [0.25, 0.3) is 0 Å². The minimum absolute atomic E-state index is 0.372. The van der Waals surface area contributed by atoms with E-state index in [2.05, 4.69) is 55.4 Å². The Labute approximate surface area is 135 Å². The molecular weight excluding hydrogens is 276 g/mol. The molecule has 1 unspecified atom stereocenters. The molecule has 1 atom stereocenters. The fourth-order valence-corrected chi connectivity index (χ4v) is 7.63. The van der Waals surface area contributed by atoms with E-state index in [9.17, 15) is 0 Å². The predicted octanol–water partition coefficient (Wildman–Crippen LogP) is 5.87. The molecule has 0 bridgehead atoms. The maximum Gasteiger partial charge on any atom is 0.338 e. The predicted molar refractivity (Wildman–Crippen MR) is 95.9 cm³/mol. The zero-order chi connectivity index (χ0) is 16.9. The zero-order valence-electron chi connectivity index (χ0n) is 16.3. The molecule has 128 valence electrons. The van der Waals surface area contributed by atoms with Crippen molar-refractivity contribution in [3.05, 3.63) is 0 Å². The highest BCUT2D eigenvalue weighted by Gasteiger charge is 2.39. The lowest BCUT2D eigenvalue weighted by Crippen LogP contribution is -2.43. The van der Waals surface area contributed by atoms with Crippen LogP contribution in [0.3, 0.4) is 0 Å². The van der Waals surface area contributed by atoms with Gasteiger partial charge in [0.15, 0.2) is 0 Å². The second kappa shape index (κ2) is 8.12. The van der Waals surface area contributed by atoms with Crippen LogP contribution in [0.5, 0.6) is 0 Å². The van der Waals surface area contributed by atoms with Gasteiger partial charge in [0, 0.05) is 14.2 Å². The minimum Gasteiger partial charge on any atom is -0.398 e. The average Bonchev–Trinajstić information content (AvgIpc) is 2.22. The second-order valence-corrected chi connectivity index (χ2v) is 12.8. The normalized spacial score (nSPS) is 15.6. The molecule has 0 heterocycles. The first-order chi connectivity index (χ1) is 9.35. The van der Waals surface area contributed by atoms with Gasteiger partial charge in [0.2, 0.25) is 0 Å². The Bertz CT molecular complexity index is 288. The van der Waals surface area contributed by atoms with Crippen LogP contribution in [0.4, 0.5) is 0 Å². The van der Waals surface area contributed by atoms with Gasteiger partial charge in [-0.2, -0.15) is 0 Å². The number of rotatable bonds is 9.